The average Bonchev–Trinajstić information content (AvgIpc) is 3.17. The number of hydrogen-bond acceptors (Lipinski definition) is 4. The fourth-order valence-corrected chi connectivity index (χ4v) is 3.92. The second kappa shape index (κ2) is 6.27. The van der Waals surface area contributed by atoms with Crippen molar-refractivity contribution in [3.63, 3.8) is 0 Å². The molecule has 0 fully saturated rings. The first kappa shape index (κ1) is 15.9. The van der Waals surface area contributed by atoms with Crippen LogP contribution in [-0.4, -0.2) is 18.0 Å². The van der Waals surface area contributed by atoms with Crippen molar-refractivity contribution >= 4 is 21.4 Å². The molecular weight excluding hydrogens is 330 g/mol. The number of hydrogen-bond donors (Lipinski definition) is 1. The maximum absolute atomic E-state index is 12.2. The molecular formula is C16H17N3O2S2. The molecule has 23 heavy (non-hydrogen) atoms. The minimum Gasteiger partial charge on any atom is -0.337 e. The van der Waals surface area contributed by atoms with Crippen molar-refractivity contribution < 1.29 is 8.42 Å². The molecule has 7 heteroatoms. The zero-order chi connectivity index (χ0) is 16.4. The lowest BCUT2D eigenvalue weighted by Gasteiger charge is -2.05. The van der Waals surface area contributed by atoms with E-state index in [9.17, 15) is 8.42 Å². The maximum atomic E-state index is 12.2. The van der Waals surface area contributed by atoms with Crippen LogP contribution in [0.25, 0.3) is 10.4 Å². The average molecular weight is 347 g/mol. The topological polar surface area (TPSA) is 64.0 Å². The molecule has 0 aliphatic heterocycles. The summed E-state index contributed by atoms with van der Waals surface area (Å²) in [4.78, 5) is 5.25. The van der Waals surface area contributed by atoms with Crippen LogP contribution in [0, 0.1) is 6.92 Å². The largest absolute Gasteiger partial charge is 0.337 e. The summed E-state index contributed by atoms with van der Waals surface area (Å²) in [7, 11) is -1.82. The third-order valence-electron chi connectivity index (χ3n) is 3.59. The van der Waals surface area contributed by atoms with Gasteiger partial charge >= 0.3 is 0 Å². The first-order valence-corrected chi connectivity index (χ1v) is 9.44. The molecule has 0 spiro atoms. The third-order valence-corrected chi connectivity index (χ3v) is 5.78. The number of nitrogens with zero attached hydrogens (tertiary/aromatic N) is 2. The fraction of sp³-hybridized carbons (Fsp3) is 0.188. The monoisotopic (exact) mass is 347 g/mol. The van der Waals surface area contributed by atoms with Crippen LogP contribution >= 0.6 is 11.3 Å². The van der Waals surface area contributed by atoms with Gasteiger partial charge in [-0.1, -0.05) is 30.3 Å². The number of nitrogens with one attached hydrogen (secondary N) is 1. The van der Waals surface area contributed by atoms with E-state index < -0.39 is 10.0 Å². The van der Waals surface area contributed by atoms with E-state index in [1.807, 2.05) is 35.7 Å². The molecule has 0 radical (unpaired) electrons. The normalized spacial score (nSPS) is 11.7. The van der Waals surface area contributed by atoms with Gasteiger partial charge in [-0.05, 0) is 29.5 Å². The molecule has 5 nitrogen and oxygen atoms in total. The SMILES string of the molecule is Cc1nc(S(=O)(=O)NCc2ccc(-c3cccs3)cc2)cn1C. The van der Waals surface area contributed by atoms with Crippen LogP contribution in [0.1, 0.15) is 11.4 Å². The lowest BCUT2D eigenvalue weighted by molar-refractivity contribution is 0.578. The van der Waals surface area contributed by atoms with Crippen molar-refractivity contribution in [3.8, 4) is 10.4 Å². The molecule has 0 amide bonds. The molecule has 0 atom stereocenters. The highest BCUT2D eigenvalue weighted by molar-refractivity contribution is 7.89. The van der Waals surface area contributed by atoms with E-state index in [1.54, 1.807) is 29.9 Å². The van der Waals surface area contributed by atoms with E-state index in [2.05, 4.69) is 15.8 Å². The van der Waals surface area contributed by atoms with Crippen LogP contribution in [0.15, 0.2) is 53.0 Å². The van der Waals surface area contributed by atoms with Crippen LogP contribution in [0.3, 0.4) is 0 Å². The van der Waals surface area contributed by atoms with Crippen molar-refractivity contribution in [3.05, 3.63) is 59.4 Å². The predicted molar refractivity (Wildman–Crippen MR) is 91.7 cm³/mol. The lowest BCUT2D eigenvalue weighted by Crippen LogP contribution is -2.23. The van der Waals surface area contributed by atoms with Crippen molar-refractivity contribution in [1.82, 2.24) is 14.3 Å². The van der Waals surface area contributed by atoms with Gasteiger partial charge in [0.2, 0.25) is 0 Å². The Balaban J connectivity index is 1.70. The summed E-state index contributed by atoms with van der Waals surface area (Å²) in [5.74, 6) is 0.658. The molecule has 1 N–H and O–H groups in total. The summed E-state index contributed by atoms with van der Waals surface area (Å²) in [5.41, 5.74) is 2.04. The number of sulfonamides is 1. The number of rotatable bonds is 5. The zero-order valence-corrected chi connectivity index (χ0v) is 14.5. The number of aromatic nitrogens is 2. The van der Waals surface area contributed by atoms with E-state index in [1.165, 1.54) is 11.1 Å². The van der Waals surface area contributed by atoms with Gasteiger partial charge in [0.15, 0.2) is 5.03 Å². The molecule has 120 valence electrons. The Morgan fingerprint density at radius 1 is 1.22 bits per heavy atom. The van der Waals surface area contributed by atoms with Gasteiger partial charge < -0.3 is 4.57 Å². The van der Waals surface area contributed by atoms with Crippen LogP contribution in [0.4, 0.5) is 0 Å². The fourth-order valence-electron chi connectivity index (χ4n) is 2.14. The Hall–Kier alpha value is -1.96. The van der Waals surface area contributed by atoms with Crippen molar-refractivity contribution in [2.75, 3.05) is 0 Å². The molecule has 2 aromatic heterocycles. The van der Waals surface area contributed by atoms with Gasteiger partial charge in [-0.25, -0.2) is 18.1 Å². The number of thiophene rings is 1. The molecule has 0 bridgehead atoms. The van der Waals surface area contributed by atoms with Crippen LogP contribution in [-0.2, 0) is 23.6 Å². The maximum Gasteiger partial charge on any atom is 0.259 e. The first-order valence-electron chi connectivity index (χ1n) is 7.08. The molecule has 0 aliphatic carbocycles. The summed E-state index contributed by atoms with van der Waals surface area (Å²) < 4.78 is 28.7. The van der Waals surface area contributed by atoms with Gasteiger partial charge in [0.25, 0.3) is 10.0 Å². The molecule has 0 unspecified atom stereocenters. The van der Waals surface area contributed by atoms with Crippen molar-refractivity contribution in [2.45, 2.75) is 18.5 Å². The summed E-state index contributed by atoms with van der Waals surface area (Å²) in [6.07, 6.45) is 1.51. The Labute approximate surface area is 139 Å². The van der Waals surface area contributed by atoms with Gasteiger partial charge in [0, 0.05) is 24.7 Å². The zero-order valence-electron chi connectivity index (χ0n) is 12.9. The molecule has 3 rings (SSSR count). The predicted octanol–water partition coefficient (Wildman–Crippen LogP) is 2.94. The van der Waals surface area contributed by atoms with E-state index >= 15 is 0 Å². The van der Waals surface area contributed by atoms with Gasteiger partial charge in [-0.15, -0.1) is 11.3 Å². The quantitative estimate of drug-likeness (QED) is 0.772. The second-order valence-corrected chi connectivity index (χ2v) is 7.90. The summed E-state index contributed by atoms with van der Waals surface area (Å²) >= 11 is 1.68. The van der Waals surface area contributed by atoms with Gasteiger partial charge in [0.1, 0.15) is 5.82 Å². The highest BCUT2D eigenvalue weighted by atomic mass is 32.2. The van der Waals surface area contributed by atoms with Gasteiger partial charge in [-0.3, -0.25) is 0 Å². The summed E-state index contributed by atoms with van der Waals surface area (Å²) in [6, 6.07) is 11.9. The Morgan fingerprint density at radius 2 is 1.96 bits per heavy atom. The molecule has 3 aromatic rings. The lowest BCUT2D eigenvalue weighted by atomic mass is 10.1. The standard InChI is InChI=1S/C16H17N3O2S2/c1-12-18-16(11-19(12)2)23(20,21)17-10-13-5-7-14(8-6-13)15-4-3-9-22-15/h3-9,11,17H,10H2,1-2H3. The second-order valence-electron chi connectivity index (χ2n) is 5.24. The van der Waals surface area contributed by atoms with Crippen LogP contribution in [0.5, 0.6) is 0 Å². The van der Waals surface area contributed by atoms with Crippen LogP contribution in [0.2, 0.25) is 0 Å². The number of imidazole rings is 1. The van der Waals surface area contributed by atoms with E-state index in [-0.39, 0.29) is 11.6 Å². The smallest absolute Gasteiger partial charge is 0.259 e. The molecule has 1 aromatic carbocycles. The first-order chi connectivity index (χ1) is 11.0. The van der Waals surface area contributed by atoms with E-state index in [0.29, 0.717) is 5.82 Å². The summed E-state index contributed by atoms with van der Waals surface area (Å²) in [6.45, 7) is 2.00. The number of aryl methyl sites for hydroxylation is 2. The minimum absolute atomic E-state index is 0.0488. The van der Waals surface area contributed by atoms with Gasteiger partial charge in [-0.2, -0.15) is 0 Å². The molecule has 0 aliphatic rings. The van der Waals surface area contributed by atoms with Crippen LogP contribution < -0.4 is 4.72 Å². The number of benzene rings is 1. The third kappa shape index (κ3) is 3.52. The molecule has 0 saturated heterocycles. The highest BCUT2D eigenvalue weighted by Crippen LogP contribution is 2.24. The van der Waals surface area contributed by atoms with Crippen molar-refractivity contribution in [2.24, 2.45) is 7.05 Å². The molecule has 0 saturated carbocycles. The summed E-state index contributed by atoms with van der Waals surface area (Å²) in [5, 5.41) is 2.08. The Kier molecular flexibility index (Phi) is 4.34. The highest BCUT2D eigenvalue weighted by Gasteiger charge is 2.18. The van der Waals surface area contributed by atoms with Crippen molar-refractivity contribution in [1.29, 1.82) is 0 Å². The van der Waals surface area contributed by atoms with E-state index in [4.69, 9.17) is 0 Å². The Bertz CT molecular complexity index is 876. The van der Waals surface area contributed by atoms with E-state index in [0.717, 1.165) is 11.1 Å². The Morgan fingerprint density at radius 3 is 2.52 bits per heavy atom. The van der Waals surface area contributed by atoms with Gasteiger partial charge in [0.05, 0.1) is 0 Å². The molecule has 2 heterocycles. The minimum atomic E-state index is -3.59.